The summed E-state index contributed by atoms with van der Waals surface area (Å²) in [6.07, 6.45) is 3.32. The van der Waals surface area contributed by atoms with Crippen LogP contribution in [0.1, 0.15) is 46.0 Å². The summed E-state index contributed by atoms with van der Waals surface area (Å²) in [6, 6.07) is 0. The van der Waals surface area contributed by atoms with E-state index < -0.39 is 0 Å². The van der Waals surface area contributed by atoms with Gasteiger partial charge in [-0.3, -0.25) is 28.9 Å². The van der Waals surface area contributed by atoms with E-state index in [1.54, 1.807) is 30.0 Å². The monoisotopic (exact) mass is 442 g/mol. The Bertz CT molecular complexity index is 643. The molecule has 0 aromatic heterocycles. The van der Waals surface area contributed by atoms with E-state index in [-0.39, 0.29) is 67.1 Å². The van der Waals surface area contributed by atoms with E-state index in [0.717, 1.165) is 6.42 Å². The Morgan fingerprint density at radius 3 is 2.37 bits per heavy atom. The highest BCUT2D eigenvalue weighted by atomic mass is 32.2. The number of nitrogens with zero attached hydrogens (tertiary/aromatic N) is 3. The van der Waals surface area contributed by atoms with E-state index in [9.17, 15) is 24.0 Å². The third kappa shape index (κ3) is 7.97. The van der Waals surface area contributed by atoms with E-state index in [0.29, 0.717) is 26.1 Å². The first-order chi connectivity index (χ1) is 14.2. The highest BCUT2D eigenvalue weighted by molar-refractivity contribution is 8.00. The lowest BCUT2D eigenvalue weighted by Crippen LogP contribution is -2.41. The van der Waals surface area contributed by atoms with Gasteiger partial charge in [-0.05, 0) is 12.7 Å². The summed E-state index contributed by atoms with van der Waals surface area (Å²) in [7, 11) is 1.71. The molecule has 1 heterocycles. The third-order valence-electron chi connectivity index (χ3n) is 4.99. The number of likely N-dealkylation sites (tertiary alicyclic amines) is 1. The van der Waals surface area contributed by atoms with Crippen molar-refractivity contribution in [2.24, 2.45) is 0 Å². The SMILES string of the molecule is CCCN(CCN(C)C(=O)CC)C(=O)CCC(=O)NCCN1C(=O)CC(SC)C1=O. The van der Waals surface area contributed by atoms with Crippen LogP contribution in [0, 0.1) is 0 Å². The third-order valence-corrected chi connectivity index (χ3v) is 5.93. The minimum atomic E-state index is -0.331. The van der Waals surface area contributed by atoms with E-state index in [1.165, 1.54) is 16.7 Å². The van der Waals surface area contributed by atoms with Crippen LogP contribution in [0.25, 0.3) is 0 Å². The van der Waals surface area contributed by atoms with Crippen molar-refractivity contribution in [2.75, 3.05) is 46.0 Å². The number of carbonyl (C=O) groups is 5. The largest absolute Gasteiger partial charge is 0.354 e. The Morgan fingerprint density at radius 2 is 1.80 bits per heavy atom. The molecule has 0 saturated carbocycles. The van der Waals surface area contributed by atoms with E-state index >= 15 is 0 Å². The van der Waals surface area contributed by atoms with Gasteiger partial charge >= 0.3 is 0 Å². The molecule has 10 heteroatoms. The van der Waals surface area contributed by atoms with Gasteiger partial charge in [0.2, 0.25) is 29.5 Å². The lowest BCUT2D eigenvalue weighted by Gasteiger charge is -2.25. The molecule has 1 saturated heterocycles. The standard InChI is InChI=1S/C20H34N4O5S/c1-5-10-23(13-12-22(3)17(26)6-2)18(27)8-7-16(25)21-9-11-24-19(28)14-15(30-4)20(24)29/h15H,5-14H2,1-4H3,(H,21,25). The van der Waals surface area contributed by atoms with Crippen molar-refractivity contribution in [3.63, 3.8) is 0 Å². The molecule has 1 unspecified atom stereocenters. The fourth-order valence-electron chi connectivity index (χ4n) is 3.14. The number of likely N-dealkylation sites (N-methyl/N-ethyl adjacent to an activating group) is 1. The molecular weight excluding hydrogens is 408 g/mol. The van der Waals surface area contributed by atoms with Crippen LogP contribution in [0.2, 0.25) is 0 Å². The molecule has 1 fully saturated rings. The number of carbonyl (C=O) groups excluding carboxylic acids is 5. The summed E-state index contributed by atoms with van der Waals surface area (Å²) < 4.78 is 0. The van der Waals surface area contributed by atoms with Crippen LogP contribution < -0.4 is 5.32 Å². The first kappa shape index (κ1) is 25.9. The van der Waals surface area contributed by atoms with Gasteiger partial charge < -0.3 is 15.1 Å². The van der Waals surface area contributed by atoms with Crippen LogP contribution in [0.5, 0.6) is 0 Å². The molecule has 1 aliphatic heterocycles. The van der Waals surface area contributed by atoms with Gasteiger partial charge in [0.1, 0.15) is 0 Å². The fourth-order valence-corrected chi connectivity index (χ4v) is 3.78. The molecule has 0 aliphatic carbocycles. The Kier molecular flexibility index (Phi) is 11.5. The molecule has 5 amide bonds. The van der Waals surface area contributed by atoms with Crippen molar-refractivity contribution in [1.82, 2.24) is 20.0 Å². The Balaban J connectivity index is 2.37. The van der Waals surface area contributed by atoms with Crippen molar-refractivity contribution in [1.29, 1.82) is 0 Å². The molecule has 1 aliphatic rings. The van der Waals surface area contributed by atoms with Crippen LogP contribution in [0.3, 0.4) is 0 Å². The number of thioether (sulfide) groups is 1. The van der Waals surface area contributed by atoms with Gasteiger partial charge in [-0.1, -0.05) is 13.8 Å². The lowest BCUT2D eigenvalue weighted by atomic mass is 10.2. The zero-order chi connectivity index (χ0) is 22.7. The van der Waals surface area contributed by atoms with Crippen molar-refractivity contribution in [2.45, 2.75) is 51.2 Å². The number of nitrogens with one attached hydrogen (secondary N) is 1. The normalized spacial score (nSPS) is 16.0. The molecule has 30 heavy (non-hydrogen) atoms. The molecule has 0 aromatic carbocycles. The summed E-state index contributed by atoms with van der Waals surface area (Å²) in [5.41, 5.74) is 0. The number of amides is 5. The lowest BCUT2D eigenvalue weighted by molar-refractivity contribution is -0.138. The van der Waals surface area contributed by atoms with E-state index in [1.807, 2.05) is 6.92 Å². The predicted octanol–water partition coefficient (Wildman–Crippen LogP) is 0.480. The topological polar surface area (TPSA) is 107 Å². The molecule has 0 bridgehead atoms. The predicted molar refractivity (Wildman–Crippen MR) is 116 cm³/mol. The Labute approximate surface area is 182 Å². The molecule has 0 spiro atoms. The average Bonchev–Trinajstić information content (AvgIpc) is 3.01. The number of hydrogen-bond donors (Lipinski definition) is 1. The minimum Gasteiger partial charge on any atom is -0.354 e. The first-order valence-corrected chi connectivity index (χ1v) is 11.7. The van der Waals surface area contributed by atoms with Gasteiger partial charge in [0.25, 0.3) is 0 Å². The second-order valence-electron chi connectivity index (χ2n) is 7.21. The summed E-state index contributed by atoms with van der Waals surface area (Å²) in [4.78, 5) is 64.5. The molecule has 9 nitrogen and oxygen atoms in total. The van der Waals surface area contributed by atoms with Crippen molar-refractivity contribution >= 4 is 41.3 Å². The second-order valence-corrected chi connectivity index (χ2v) is 8.25. The molecule has 0 aromatic rings. The van der Waals surface area contributed by atoms with Crippen LogP contribution in [-0.2, 0) is 24.0 Å². The first-order valence-electron chi connectivity index (χ1n) is 10.4. The van der Waals surface area contributed by atoms with Gasteiger partial charge in [-0.2, -0.15) is 11.8 Å². The van der Waals surface area contributed by atoms with Crippen molar-refractivity contribution < 1.29 is 24.0 Å². The van der Waals surface area contributed by atoms with E-state index in [2.05, 4.69) is 5.32 Å². The Morgan fingerprint density at radius 1 is 1.10 bits per heavy atom. The zero-order valence-corrected chi connectivity index (χ0v) is 19.3. The van der Waals surface area contributed by atoms with Gasteiger partial charge in [-0.25, -0.2) is 0 Å². The van der Waals surface area contributed by atoms with Gasteiger partial charge in [0, 0.05) is 65.5 Å². The maximum absolute atomic E-state index is 12.5. The van der Waals surface area contributed by atoms with Crippen molar-refractivity contribution in [3.05, 3.63) is 0 Å². The Hall–Kier alpha value is -2.10. The highest BCUT2D eigenvalue weighted by Crippen LogP contribution is 2.22. The van der Waals surface area contributed by atoms with Crippen LogP contribution in [0.15, 0.2) is 0 Å². The number of rotatable bonds is 13. The summed E-state index contributed by atoms with van der Waals surface area (Å²) in [5, 5.41) is 2.34. The van der Waals surface area contributed by atoms with Gasteiger partial charge in [0.15, 0.2) is 0 Å². The molecule has 1 rings (SSSR count). The van der Waals surface area contributed by atoms with Crippen LogP contribution in [-0.4, -0.2) is 95.5 Å². The fraction of sp³-hybridized carbons (Fsp3) is 0.750. The summed E-state index contributed by atoms with van der Waals surface area (Å²) >= 11 is 1.35. The summed E-state index contributed by atoms with van der Waals surface area (Å²) in [5.74, 6) is -0.822. The van der Waals surface area contributed by atoms with E-state index in [4.69, 9.17) is 0 Å². The number of imide groups is 1. The molecule has 1 atom stereocenters. The maximum atomic E-state index is 12.5. The van der Waals surface area contributed by atoms with Crippen molar-refractivity contribution in [3.8, 4) is 0 Å². The number of hydrogen-bond acceptors (Lipinski definition) is 6. The van der Waals surface area contributed by atoms with Gasteiger partial charge in [0.05, 0.1) is 5.25 Å². The zero-order valence-electron chi connectivity index (χ0n) is 18.4. The smallest absolute Gasteiger partial charge is 0.242 e. The molecule has 1 N–H and O–H groups in total. The quantitative estimate of drug-likeness (QED) is 0.416. The second kappa shape index (κ2) is 13.3. The molecule has 0 radical (unpaired) electrons. The molecular formula is C20H34N4O5S. The highest BCUT2D eigenvalue weighted by Gasteiger charge is 2.37. The van der Waals surface area contributed by atoms with Gasteiger partial charge in [-0.15, -0.1) is 0 Å². The minimum absolute atomic E-state index is 0.0251. The maximum Gasteiger partial charge on any atom is 0.242 e. The average molecular weight is 443 g/mol. The van der Waals surface area contributed by atoms with Crippen LogP contribution in [0.4, 0.5) is 0 Å². The summed E-state index contributed by atoms with van der Waals surface area (Å²) in [6.45, 7) is 5.55. The van der Waals surface area contributed by atoms with Crippen LogP contribution >= 0.6 is 11.8 Å². The molecule has 170 valence electrons.